The molecular weight excluding hydrogens is 454 g/mol. The number of methoxy groups -OCH3 is 1. The Bertz CT molecular complexity index is 1070. The number of carbonyl (C=O) groups is 2. The predicted molar refractivity (Wildman–Crippen MR) is 138 cm³/mol. The van der Waals surface area contributed by atoms with Gasteiger partial charge in [-0.1, -0.05) is 13.8 Å². The Kier molecular flexibility index (Phi) is 7.58. The molecule has 1 amide bonds. The third-order valence-corrected chi connectivity index (χ3v) is 6.70. The lowest BCUT2D eigenvalue weighted by Gasteiger charge is -2.40. The predicted octanol–water partition coefficient (Wildman–Crippen LogP) is 5.62. The van der Waals surface area contributed by atoms with E-state index in [2.05, 4.69) is 35.1 Å². The number of piperidine rings is 1. The van der Waals surface area contributed by atoms with Crippen LogP contribution in [0.1, 0.15) is 70.4 Å². The molecule has 1 unspecified atom stereocenters. The number of nitrogens with one attached hydrogen (secondary N) is 2. The number of aryl methyl sites for hydroxylation is 1. The number of hydrogen-bond acceptors (Lipinski definition) is 5. The van der Waals surface area contributed by atoms with Crippen LogP contribution in [0.4, 0.5) is 11.4 Å². The van der Waals surface area contributed by atoms with E-state index in [0.717, 1.165) is 59.3 Å². The second-order valence-electron chi connectivity index (χ2n) is 11.0. The first-order chi connectivity index (χ1) is 15.8. The fraction of sp³-hybridized carbons (Fsp3) is 0.615. The van der Waals surface area contributed by atoms with Crippen molar-refractivity contribution in [2.45, 2.75) is 73.0 Å². The quantitative estimate of drug-likeness (QED) is 0.405. The summed E-state index contributed by atoms with van der Waals surface area (Å²) >= 11 is 5.82. The highest BCUT2D eigenvalue weighted by molar-refractivity contribution is 6.29. The number of alkyl halides is 1. The van der Waals surface area contributed by atoms with E-state index in [9.17, 15) is 9.59 Å². The molecule has 34 heavy (non-hydrogen) atoms. The monoisotopic (exact) mass is 491 g/mol. The molecule has 0 saturated carbocycles. The van der Waals surface area contributed by atoms with Crippen molar-refractivity contribution in [2.24, 2.45) is 5.41 Å². The summed E-state index contributed by atoms with van der Waals surface area (Å²) in [5, 5.41) is 3.89. The van der Waals surface area contributed by atoms with Crippen LogP contribution < -0.4 is 10.2 Å². The Hall–Kier alpha value is -2.25. The molecule has 8 heteroatoms. The minimum Gasteiger partial charge on any atom is -0.467 e. The van der Waals surface area contributed by atoms with E-state index in [1.54, 1.807) is 0 Å². The molecule has 0 aliphatic carbocycles. The summed E-state index contributed by atoms with van der Waals surface area (Å²) < 4.78 is 11.5. The van der Waals surface area contributed by atoms with Crippen molar-refractivity contribution < 1.29 is 19.1 Å². The first-order valence-corrected chi connectivity index (χ1v) is 12.3. The van der Waals surface area contributed by atoms with Gasteiger partial charge in [0, 0.05) is 29.7 Å². The summed E-state index contributed by atoms with van der Waals surface area (Å²) in [4.78, 5) is 31.2. The molecule has 188 valence electrons. The van der Waals surface area contributed by atoms with Crippen molar-refractivity contribution in [2.75, 3.05) is 36.3 Å². The summed E-state index contributed by atoms with van der Waals surface area (Å²) in [6, 6.07) is 2.06. The summed E-state index contributed by atoms with van der Waals surface area (Å²) in [5.74, 6) is -0.960. The average molecular weight is 492 g/mol. The molecule has 1 aliphatic rings. The van der Waals surface area contributed by atoms with Crippen LogP contribution in [0, 0.1) is 19.3 Å². The third-order valence-electron chi connectivity index (χ3n) is 6.46. The largest absolute Gasteiger partial charge is 0.467 e. The number of anilines is 2. The van der Waals surface area contributed by atoms with Crippen LogP contribution in [0.2, 0.25) is 0 Å². The van der Waals surface area contributed by atoms with Crippen molar-refractivity contribution in [1.82, 2.24) is 4.98 Å². The number of aromatic nitrogens is 1. The van der Waals surface area contributed by atoms with Gasteiger partial charge in [-0.2, -0.15) is 0 Å². The lowest BCUT2D eigenvalue weighted by atomic mass is 9.82. The molecule has 1 saturated heterocycles. The van der Waals surface area contributed by atoms with Crippen molar-refractivity contribution in [3.63, 3.8) is 0 Å². The topological polar surface area (TPSA) is 83.7 Å². The molecule has 0 bridgehead atoms. The van der Waals surface area contributed by atoms with Crippen LogP contribution in [-0.4, -0.2) is 48.5 Å². The zero-order valence-corrected chi connectivity index (χ0v) is 22.4. The highest BCUT2D eigenvalue weighted by Crippen LogP contribution is 2.46. The number of esters is 1. The van der Waals surface area contributed by atoms with E-state index in [-0.39, 0.29) is 17.2 Å². The molecule has 1 aromatic carbocycles. The van der Waals surface area contributed by atoms with Gasteiger partial charge in [-0.25, -0.2) is 4.79 Å². The molecule has 7 nitrogen and oxygen atoms in total. The number of amides is 1. The van der Waals surface area contributed by atoms with E-state index in [1.807, 2.05) is 34.6 Å². The molecule has 2 aromatic rings. The first-order valence-electron chi connectivity index (χ1n) is 11.8. The smallest absolute Gasteiger partial charge is 0.339 e. The molecule has 1 aliphatic heterocycles. The lowest BCUT2D eigenvalue weighted by molar-refractivity contribution is -0.164. The number of hydrogen-bond donors (Lipinski definition) is 2. The number of benzene rings is 1. The number of nitrogens with zero attached hydrogens (tertiary/aromatic N) is 1. The summed E-state index contributed by atoms with van der Waals surface area (Å²) in [7, 11) is 1.37. The normalized spacial score (nSPS) is 17.0. The van der Waals surface area contributed by atoms with Gasteiger partial charge in [0.2, 0.25) is 5.91 Å². The van der Waals surface area contributed by atoms with Gasteiger partial charge in [0.15, 0.2) is 6.10 Å². The highest BCUT2D eigenvalue weighted by Gasteiger charge is 2.37. The maximum absolute atomic E-state index is 13.1. The van der Waals surface area contributed by atoms with Gasteiger partial charge in [-0.3, -0.25) is 4.79 Å². The van der Waals surface area contributed by atoms with E-state index in [1.165, 1.54) is 7.11 Å². The van der Waals surface area contributed by atoms with E-state index in [4.69, 9.17) is 21.1 Å². The number of halogens is 1. The van der Waals surface area contributed by atoms with E-state index >= 15 is 0 Å². The van der Waals surface area contributed by atoms with Crippen molar-refractivity contribution in [1.29, 1.82) is 0 Å². The van der Waals surface area contributed by atoms with Gasteiger partial charge in [-0.05, 0) is 64.5 Å². The van der Waals surface area contributed by atoms with Crippen molar-refractivity contribution in [3.8, 4) is 0 Å². The molecule has 2 N–H and O–H groups in total. The number of rotatable bonds is 6. The number of H-pyrrole nitrogens is 1. The van der Waals surface area contributed by atoms with Crippen LogP contribution in [0.15, 0.2) is 6.07 Å². The Morgan fingerprint density at radius 2 is 1.85 bits per heavy atom. The molecule has 0 radical (unpaired) electrons. The summed E-state index contributed by atoms with van der Waals surface area (Å²) in [6.45, 7) is 15.9. The number of carbonyl (C=O) groups excluding carboxylic acids is 2. The van der Waals surface area contributed by atoms with Crippen molar-refractivity contribution >= 4 is 45.8 Å². The van der Waals surface area contributed by atoms with Gasteiger partial charge in [0.1, 0.15) is 5.88 Å². The fourth-order valence-electron chi connectivity index (χ4n) is 4.63. The molecule has 2 heterocycles. The standard InChI is InChI=1S/C26H38ClN3O4/c1-15-13-17-21(28-15)20(29-18(31)14-27)16(2)19(23(24(32)33-8)34-25(3,4)5)22(17)30-11-9-26(6,7)10-12-30/h13,23,28H,9-12,14H2,1-8H3,(H,29,31). The van der Waals surface area contributed by atoms with Crippen LogP contribution in [0.25, 0.3) is 10.9 Å². The molecule has 3 rings (SSSR count). The molecular formula is C26H38ClN3O4. The van der Waals surface area contributed by atoms with Gasteiger partial charge >= 0.3 is 5.97 Å². The maximum atomic E-state index is 13.1. The van der Waals surface area contributed by atoms with E-state index in [0.29, 0.717) is 5.69 Å². The maximum Gasteiger partial charge on any atom is 0.339 e. The number of fused-ring (bicyclic) bond motifs is 1. The average Bonchev–Trinajstić information content (AvgIpc) is 3.13. The van der Waals surface area contributed by atoms with E-state index < -0.39 is 17.7 Å². The van der Waals surface area contributed by atoms with Crippen LogP contribution in [0.5, 0.6) is 0 Å². The van der Waals surface area contributed by atoms with Gasteiger partial charge < -0.3 is 24.7 Å². The minimum absolute atomic E-state index is 0.169. The number of ether oxygens (including phenoxy) is 2. The van der Waals surface area contributed by atoms with Gasteiger partial charge in [0.25, 0.3) is 0 Å². The van der Waals surface area contributed by atoms with Crippen molar-refractivity contribution in [3.05, 3.63) is 22.9 Å². The first kappa shape index (κ1) is 26.4. The van der Waals surface area contributed by atoms with Crippen LogP contribution in [-0.2, 0) is 19.1 Å². The molecule has 1 aromatic heterocycles. The second-order valence-corrected chi connectivity index (χ2v) is 11.2. The Morgan fingerprint density at radius 1 is 1.24 bits per heavy atom. The lowest BCUT2D eigenvalue weighted by Crippen LogP contribution is -2.39. The van der Waals surface area contributed by atoms with Crippen LogP contribution in [0.3, 0.4) is 0 Å². The molecule has 1 atom stereocenters. The highest BCUT2D eigenvalue weighted by atomic mass is 35.5. The number of aromatic amines is 1. The third kappa shape index (κ3) is 5.52. The molecule has 0 spiro atoms. The summed E-state index contributed by atoms with van der Waals surface area (Å²) in [5.41, 5.74) is 4.47. The zero-order chi connectivity index (χ0) is 25.4. The zero-order valence-electron chi connectivity index (χ0n) is 21.6. The Morgan fingerprint density at radius 3 is 2.38 bits per heavy atom. The Balaban J connectivity index is 2.35. The SMILES string of the molecule is COC(=O)C(OC(C)(C)C)c1c(C)c(NC(=O)CCl)c2[nH]c(C)cc2c1N1CCC(C)(C)CC1. The van der Waals surface area contributed by atoms with Gasteiger partial charge in [0.05, 0.1) is 29.6 Å². The molecule has 1 fully saturated rings. The minimum atomic E-state index is -0.957. The Labute approximate surface area is 207 Å². The van der Waals surface area contributed by atoms with Gasteiger partial charge in [-0.15, -0.1) is 11.6 Å². The van der Waals surface area contributed by atoms with Crippen LogP contribution >= 0.6 is 11.6 Å². The fourth-order valence-corrected chi connectivity index (χ4v) is 4.70. The summed E-state index contributed by atoms with van der Waals surface area (Å²) in [6.07, 6.45) is 1.11. The second kappa shape index (κ2) is 9.78.